The van der Waals surface area contributed by atoms with E-state index in [1.54, 1.807) is 28.4 Å². The summed E-state index contributed by atoms with van der Waals surface area (Å²) in [5.74, 6) is 4.98. The molecule has 7 rings (SSSR count). The van der Waals surface area contributed by atoms with Crippen molar-refractivity contribution >= 4 is 18.7 Å². The molecule has 0 aliphatic carbocycles. The first-order chi connectivity index (χ1) is 34.1. The van der Waals surface area contributed by atoms with Crippen LogP contribution in [0.3, 0.4) is 0 Å². The molecule has 0 unspecified atom stereocenters. The number of allylic oxidation sites excluding steroid dienone is 1. The normalized spacial score (nSPS) is 11.4. The molecule has 0 aromatic heterocycles. The molecule has 0 fully saturated rings. The van der Waals surface area contributed by atoms with Crippen molar-refractivity contribution in [1.82, 2.24) is 0 Å². The quantitative estimate of drug-likeness (QED) is 0.0319. The minimum absolute atomic E-state index is 0.234. The number of ether oxygens (including phenoxy) is 7. The summed E-state index contributed by atoms with van der Waals surface area (Å²) in [6.07, 6.45) is 6.74. The topological polar surface area (TPSA) is 73.8 Å². The molecule has 0 saturated heterocycles. The number of aryl methyl sites for hydroxylation is 1. The fraction of sp³-hybridized carbons (Fsp3) is 0.279. The molecule has 0 radical (unpaired) electrons. The van der Waals surface area contributed by atoms with E-state index >= 15 is 0 Å². The van der Waals surface area contributed by atoms with E-state index in [9.17, 15) is 0 Å². The van der Waals surface area contributed by atoms with Crippen molar-refractivity contribution in [2.75, 3.05) is 28.4 Å². The highest BCUT2D eigenvalue weighted by Crippen LogP contribution is 2.49. The average molecular weight is 957 g/mol. The summed E-state index contributed by atoms with van der Waals surface area (Å²) in [5, 5.41) is 2.17. The van der Waals surface area contributed by atoms with Crippen molar-refractivity contribution in [1.29, 1.82) is 0 Å². The molecule has 0 atom stereocenters. The first kappa shape index (κ1) is 50.9. The summed E-state index contributed by atoms with van der Waals surface area (Å²) < 4.78 is 51.0. The molecule has 0 N–H and O–H groups in total. The van der Waals surface area contributed by atoms with Crippen molar-refractivity contribution in [2.24, 2.45) is 0 Å². The molecule has 7 aromatic carbocycles. The van der Waals surface area contributed by atoms with Crippen LogP contribution in [0.25, 0.3) is 11.1 Å². The molecule has 0 aliphatic heterocycles. The second kappa shape index (κ2) is 24.6. The van der Waals surface area contributed by atoms with E-state index < -0.39 is 8.32 Å². The Labute approximate surface area is 416 Å². The molecule has 0 saturated carbocycles. The van der Waals surface area contributed by atoms with Crippen LogP contribution in [-0.4, -0.2) is 36.8 Å². The van der Waals surface area contributed by atoms with E-state index in [1.165, 1.54) is 10.4 Å². The van der Waals surface area contributed by atoms with Crippen LogP contribution in [0.15, 0.2) is 170 Å². The number of benzene rings is 7. The molecule has 9 heteroatoms. The van der Waals surface area contributed by atoms with Crippen molar-refractivity contribution in [2.45, 2.75) is 84.3 Å². The Balaban J connectivity index is 1.40. The van der Waals surface area contributed by atoms with E-state index in [4.69, 9.17) is 37.6 Å². The lowest BCUT2D eigenvalue weighted by atomic mass is 9.92. The number of rotatable bonds is 25. The van der Waals surface area contributed by atoms with Gasteiger partial charge in [0, 0.05) is 11.6 Å². The SMILES string of the molecule is C=CCCCCCc1cc(OCc2ccc(OC)cc2)cc(OC)c1-c1c(OCc2ccc(OC)cc2)cc(CO[Si](c2ccccc2)(c2ccccc2)C(C)(C)C)cc1OCc1ccc(OC)cc1. The Hall–Kier alpha value is -6.94. The smallest absolute Gasteiger partial charge is 0.261 e. The van der Waals surface area contributed by atoms with Crippen LogP contribution in [0.4, 0.5) is 0 Å². The highest BCUT2D eigenvalue weighted by molar-refractivity contribution is 6.99. The molecular weight excluding hydrogens is 889 g/mol. The Morgan fingerprint density at radius 2 is 0.914 bits per heavy atom. The van der Waals surface area contributed by atoms with Gasteiger partial charge in [-0.1, -0.05) is 130 Å². The zero-order valence-corrected chi connectivity index (χ0v) is 42.9. The van der Waals surface area contributed by atoms with Crippen molar-refractivity contribution in [3.63, 3.8) is 0 Å². The maximum atomic E-state index is 7.58. The van der Waals surface area contributed by atoms with Crippen molar-refractivity contribution < 1.29 is 37.6 Å². The van der Waals surface area contributed by atoms with Crippen LogP contribution < -0.4 is 43.5 Å². The highest BCUT2D eigenvalue weighted by atomic mass is 28.4. The molecule has 70 heavy (non-hydrogen) atoms. The zero-order chi connectivity index (χ0) is 49.4. The van der Waals surface area contributed by atoms with Crippen molar-refractivity contribution in [3.05, 3.63) is 198 Å². The van der Waals surface area contributed by atoms with Crippen LogP contribution in [0.5, 0.6) is 40.2 Å². The molecule has 0 bridgehead atoms. The monoisotopic (exact) mass is 956 g/mol. The maximum Gasteiger partial charge on any atom is 0.261 e. The summed E-state index contributed by atoms with van der Waals surface area (Å²) in [4.78, 5) is 0. The summed E-state index contributed by atoms with van der Waals surface area (Å²) in [6.45, 7) is 12.1. The number of methoxy groups -OCH3 is 4. The van der Waals surface area contributed by atoms with Gasteiger partial charge in [-0.15, -0.1) is 6.58 Å². The van der Waals surface area contributed by atoms with E-state index in [0.717, 1.165) is 88.3 Å². The van der Waals surface area contributed by atoms with E-state index in [-0.39, 0.29) is 18.3 Å². The van der Waals surface area contributed by atoms with Gasteiger partial charge in [-0.3, -0.25) is 0 Å². The zero-order valence-electron chi connectivity index (χ0n) is 41.9. The first-order valence-electron chi connectivity index (χ1n) is 24.1. The van der Waals surface area contributed by atoms with Gasteiger partial charge < -0.3 is 37.6 Å². The number of unbranched alkanes of at least 4 members (excludes halogenated alkanes) is 3. The molecule has 0 amide bonds. The van der Waals surface area contributed by atoms with E-state index in [1.807, 2.05) is 84.9 Å². The Morgan fingerprint density at radius 1 is 0.443 bits per heavy atom. The average Bonchev–Trinajstić information content (AvgIpc) is 3.39. The molecule has 8 nitrogen and oxygen atoms in total. The lowest BCUT2D eigenvalue weighted by molar-refractivity contribution is 0.275. The minimum atomic E-state index is -2.95. The Morgan fingerprint density at radius 3 is 1.34 bits per heavy atom. The van der Waals surface area contributed by atoms with E-state index in [0.29, 0.717) is 36.2 Å². The van der Waals surface area contributed by atoms with Crippen LogP contribution in [-0.2, 0) is 37.3 Å². The predicted molar refractivity (Wildman–Crippen MR) is 285 cm³/mol. The van der Waals surface area contributed by atoms with Crippen LogP contribution >= 0.6 is 0 Å². The lowest BCUT2D eigenvalue weighted by Gasteiger charge is -2.43. The third kappa shape index (κ3) is 12.6. The molecule has 7 aromatic rings. The largest absolute Gasteiger partial charge is 0.497 e. The summed E-state index contributed by atoms with van der Waals surface area (Å²) in [6, 6.07) is 53.7. The van der Waals surface area contributed by atoms with Crippen LogP contribution in [0.1, 0.15) is 74.3 Å². The summed E-state index contributed by atoms with van der Waals surface area (Å²) in [7, 11) is 3.77. The Bertz CT molecular complexity index is 2600. The van der Waals surface area contributed by atoms with Gasteiger partial charge in [0.25, 0.3) is 8.32 Å². The summed E-state index contributed by atoms with van der Waals surface area (Å²) in [5.41, 5.74) is 6.64. The van der Waals surface area contributed by atoms with Gasteiger partial charge >= 0.3 is 0 Å². The van der Waals surface area contributed by atoms with Crippen LogP contribution in [0, 0.1) is 0 Å². The van der Waals surface area contributed by atoms with Gasteiger partial charge in [-0.2, -0.15) is 0 Å². The van der Waals surface area contributed by atoms with Gasteiger partial charge in [0.1, 0.15) is 60.1 Å². The third-order valence-corrected chi connectivity index (χ3v) is 17.6. The molecular formula is C61H68O8Si. The standard InChI is InChI=1S/C61H68O8Si/c1-9-10-11-12-15-20-49-39-53(66-41-45-25-31-50(62-5)32-26-45)40-56(65-8)59(49)60-57(67-42-46-27-33-51(63-6)34-28-46)37-48(38-58(60)68-43-47-29-35-52(64-7)36-30-47)44-69-70(61(2,3)4,54-21-16-13-17-22-54)55-23-18-14-19-24-55/h9,13-14,16-19,21-40H,1,10-12,15,20,41-44H2,2-8H3. The Kier molecular flexibility index (Phi) is 17.9. The van der Waals surface area contributed by atoms with E-state index in [2.05, 4.69) is 106 Å². The second-order valence-corrected chi connectivity index (χ2v) is 22.7. The minimum Gasteiger partial charge on any atom is -0.497 e. The highest BCUT2D eigenvalue weighted by Gasteiger charge is 2.50. The predicted octanol–water partition coefficient (Wildman–Crippen LogP) is 13.5. The molecule has 364 valence electrons. The van der Waals surface area contributed by atoms with Gasteiger partial charge in [0.2, 0.25) is 0 Å². The third-order valence-electron chi connectivity index (χ3n) is 12.7. The van der Waals surface area contributed by atoms with Gasteiger partial charge in [0.15, 0.2) is 0 Å². The fourth-order valence-corrected chi connectivity index (χ4v) is 13.5. The first-order valence-corrected chi connectivity index (χ1v) is 26.0. The molecule has 0 aliphatic rings. The second-order valence-electron chi connectivity index (χ2n) is 18.4. The lowest BCUT2D eigenvalue weighted by Crippen LogP contribution is -2.66. The maximum absolute atomic E-state index is 7.58. The van der Waals surface area contributed by atoms with Crippen molar-refractivity contribution in [3.8, 4) is 51.4 Å². The number of hydrogen-bond acceptors (Lipinski definition) is 8. The molecule has 0 heterocycles. The number of hydrogen-bond donors (Lipinski definition) is 0. The van der Waals surface area contributed by atoms with Gasteiger partial charge in [-0.05, 0) is 124 Å². The van der Waals surface area contributed by atoms with Gasteiger partial charge in [0.05, 0.1) is 40.6 Å². The van der Waals surface area contributed by atoms with Gasteiger partial charge in [-0.25, -0.2) is 0 Å². The summed E-state index contributed by atoms with van der Waals surface area (Å²) >= 11 is 0. The van der Waals surface area contributed by atoms with Crippen LogP contribution in [0.2, 0.25) is 5.04 Å². The molecule has 0 spiro atoms. The fourth-order valence-electron chi connectivity index (χ4n) is 8.96.